The summed E-state index contributed by atoms with van der Waals surface area (Å²) in [5.41, 5.74) is -1.42. The van der Waals surface area contributed by atoms with Crippen LogP contribution in [0, 0.1) is 5.92 Å². The largest absolute Gasteiger partial charge is 0.339 e. The van der Waals surface area contributed by atoms with Crippen molar-refractivity contribution in [1.82, 2.24) is 10.2 Å². The Hall–Kier alpha value is -0.610. The second-order valence-electron chi connectivity index (χ2n) is 8.42. The fourth-order valence-electron chi connectivity index (χ4n) is 4.24. The molecule has 0 saturated carbocycles. The van der Waals surface area contributed by atoms with Crippen LogP contribution in [0.4, 0.5) is 0 Å². The number of nitrogens with zero attached hydrogens (tertiary/aromatic N) is 1. The van der Waals surface area contributed by atoms with Gasteiger partial charge in [-0.15, -0.1) is 0 Å². The third-order valence-electron chi connectivity index (χ3n) is 4.97. The molecule has 2 aliphatic heterocycles. The fourth-order valence-corrected chi connectivity index (χ4v) is 4.24. The molecule has 1 N–H and O–H groups in total. The number of piperidine rings is 1. The lowest BCUT2D eigenvalue weighted by molar-refractivity contribution is -0.176. The molecule has 20 heavy (non-hydrogen) atoms. The predicted octanol–water partition coefficient (Wildman–Crippen LogP) is 2.53. The maximum atomic E-state index is 13.0. The molecule has 116 valence electrons. The minimum absolute atomic E-state index is 0.111. The van der Waals surface area contributed by atoms with E-state index in [2.05, 4.69) is 46.9 Å². The average molecular weight is 282 g/mol. The number of nitrogens with one attached hydrogen (secondary N) is 1. The SMILES string of the molecule is CC(C)C1(C)OC2(CC(C)(C)NC(C)(C)C2)C(=O)N1C. The van der Waals surface area contributed by atoms with Crippen LogP contribution in [-0.4, -0.2) is 40.3 Å². The van der Waals surface area contributed by atoms with Gasteiger partial charge in [0.05, 0.1) is 0 Å². The molecule has 4 nitrogen and oxygen atoms in total. The van der Waals surface area contributed by atoms with E-state index in [4.69, 9.17) is 4.74 Å². The number of carbonyl (C=O) groups excluding carboxylic acids is 1. The van der Waals surface area contributed by atoms with Crippen molar-refractivity contribution in [3.63, 3.8) is 0 Å². The number of amides is 1. The van der Waals surface area contributed by atoms with Crippen molar-refractivity contribution in [2.24, 2.45) is 5.92 Å². The van der Waals surface area contributed by atoms with Crippen molar-refractivity contribution >= 4 is 5.91 Å². The van der Waals surface area contributed by atoms with Gasteiger partial charge in [0, 0.05) is 36.9 Å². The lowest BCUT2D eigenvalue weighted by Gasteiger charge is -2.50. The minimum Gasteiger partial charge on any atom is -0.339 e. The molecule has 1 atom stereocenters. The number of hydrogen-bond donors (Lipinski definition) is 1. The van der Waals surface area contributed by atoms with E-state index in [0.717, 1.165) is 12.8 Å². The van der Waals surface area contributed by atoms with Crippen LogP contribution in [0.25, 0.3) is 0 Å². The Labute approximate surface area is 123 Å². The average Bonchev–Trinajstić information content (AvgIpc) is 2.37. The van der Waals surface area contributed by atoms with Crippen molar-refractivity contribution in [3.05, 3.63) is 0 Å². The molecular weight excluding hydrogens is 252 g/mol. The lowest BCUT2D eigenvalue weighted by atomic mass is 9.72. The number of carbonyl (C=O) groups is 1. The van der Waals surface area contributed by atoms with Crippen molar-refractivity contribution in [1.29, 1.82) is 0 Å². The topological polar surface area (TPSA) is 41.6 Å². The van der Waals surface area contributed by atoms with Crippen LogP contribution in [0.3, 0.4) is 0 Å². The molecule has 0 aromatic heterocycles. The summed E-state index contributed by atoms with van der Waals surface area (Å²) in [6.07, 6.45) is 1.43. The van der Waals surface area contributed by atoms with Gasteiger partial charge in [0.1, 0.15) is 5.72 Å². The first kappa shape index (κ1) is 15.8. The summed E-state index contributed by atoms with van der Waals surface area (Å²) >= 11 is 0. The predicted molar refractivity (Wildman–Crippen MR) is 80.4 cm³/mol. The first-order valence-electron chi connectivity index (χ1n) is 7.61. The normalized spacial score (nSPS) is 35.0. The van der Waals surface area contributed by atoms with Crippen molar-refractivity contribution in [2.75, 3.05) is 7.05 Å². The van der Waals surface area contributed by atoms with Crippen LogP contribution in [-0.2, 0) is 9.53 Å². The zero-order chi connectivity index (χ0) is 15.6. The Morgan fingerprint density at radius 2 is 1.55 bits per heavy atom. The molecule has 0 aromatic rings. The third kappa shape index (κ3) is 2.27. The Kier molecular flexibility index (Phi) is 3.31. The van der Waals surface area contributed by atoms with Crippen molar-refractivity contribution in [3.8, 4) is 0 Å². The van der Waals surface area contributed by atoms with Gasteiger partial charge in [0.25, 0.3) is 5.91 Å². The smallest absolute Gasteiger partial charge is 0.257 e. The zero-order valence-corrected chi connectivity index (χ0v) is 14.3. The summed E-state index contributed by atoms with van der Waals surface area (Å²) in [6.45, 7) is 14.9. The van der Waals surface area contributed by atoms with E-state index in [1.807, 2.05) is 18.9 Å². The Morgan fingerprint density at radius 1 is 1.10 bits per heavy atom. The zero-order valence-electron chi connectivity index (χ0n) is 14.3. The van der Waals surface area contributed by atoms with E-state index in [0.29, 0.717) is 0 Å². The van der Waals surface area contributed by atoms with E-state index >= 15 is 0 Å². The quantitative estimate of drug-likeness (QED) is 0.803. The molecule has 0 bridgehead atoms. The van der Waals surface area contributed by atoms with Crippen molar-refractivity contribution < 1.29 is 9.53 Å². The molecule has 4 heteroatoms. The minimum atomic E-state index is -0.688. The van der Waals surface area contributed by atoms with Gasteiger partial charge in [-0.1, -0.05) is 13.8 Å². The number of ether oxygens (including phenoxy) is 1. The van der Waals surface area contributed by atoms with E-state index in [1.54, 1.807) is 0 Å². The van der Waals surface area contributed by atoms with Crippen LogP contribution >= 0.6 is 0 Å². The van der Waals surface area contributed by atoms with Crippen LogP contribution in [0.2, 0.25) is 0 Å². The van der Waals surface area contributed by atoms with Crippen molar-refractivity contribution in [2.45, 2.75) is 83.7 Å². The van der Waals surface area contributed by atoms with Gasteiger partial charge in [-0.3, -0.25) is 4.79 Å². The fraction of sp³-hybridized carbons (Fsp3) is 0.938. The van der Waals surface area contributed by atoms with Gasteiger partial charge in [0.2, 0.25) is 0 Å². The lowest BCUT2D eigenvalue weighted by Crippen LogP contribution is -2.65. The van der Waals surface area contributed by atoms with Crippen LogP contribution in [0.1, 0.15) is 61.3 Å². The molecule has 2 saturated heterocycles. The highest BCUT2D eigenvalue weighted by Crippen LogP contribution is 2.48. The van der Waals surface area contributed by atoms with Gasteiger partial charge in [-0.2, -0.15) is 0 Å². The molecule has 2 aliphatic rings. The highest BCUT2D eigenvalue weighted by atomic mass is 16.6. The summed E-state index contributed by atoms with van der Waals surface area (Å²) < 4.78 is 6.47. The van der Waals surface area contributed by atoms with Gasteiger partial charge in [0.15, 0.2) is 5.60 Å². The molecule has 2 rings (SSSR count). The third-order valence-corrected chi connectivity index (χ3v) is 4.97. The second-order valence-corrected chi connectivity index (χ2v) is 8.42. The van der Waals surface area contributed by atoms with E-state index in [1.165, 1.54) is 0 Å². The summed E-state index contributed by atoms with van der Waals surface area (Å²) in [4.78, 5) is 14.8. The molecule has 2 heterocycles. The van der Waals surface area contributed by atoms with E-state index < -0.39 is 11.3 Å². The summed E-state index contributed by atoms with van der Waals surface area (Å²) in [5, 5.41) is 3.62. The second kappa shape index (κ2) is 4.20. The standard InChI is InChI=1S/C16H30N2O2/c1-11(2)15(7)18(8)12(19)16(20-15)9-13(3,4)17-14(5,6)10-16/h11,17H,9-10H2,1-8H3. The van der Waals surface area contributed by atoms with Crippen LogP contribution in [0.15, 0.2) is 0 Å². The molecule has 0 aromatic carbocycles. The molecule has 2 fully saturated rings. The van der Waals surface area contributed by atoms with Gasteiger partial charge in [-0.25, -0.2) is 0 Å². The highest BCUT2D eigenvalue weighted by Gasteiger charge is 2.63. The maximum absolute atomic E-state index is 13.0. The Balaban J connectivity index is 2.43. The first-order valence-corrected chi connectivity index (χ1v) is 7.61. The number of hydrogen-bond acceptors (Lipinski definition) is 3. The van der Waals surface area contributed by atoms with E-state index in [9.17, 15) is 4.79 Å². The number of rotatable bonds is 1. The van der Waals surface area contributed by atoms with Gasteiger partial charge in [-0.05, 0) is 34.6 Å². The summed E-state index contributed by atoms with van der Waals surface area (Å²) in [7, 11) is 1.87. The van der Waals surface area contributed by atoms with Gasteiger partial charge >= 0.3 is 0 Å². The first-order chi connectivity index (χ1) is 8.84. The summed E-state index contributed by atoms with van der Waals surface area (Å²) in [5.74, 6) is 0.397. The van der Waals surface area contributed by atoms with Crippen LogP contribution < -0.4 is 5.32 Å². The van der Waals surface area contributed by atoms with E-state index in [-0.39, 0.29) is 22.9 Å². The molecule has 1 spiro atoms. The Bertz CT molecular complexity index is 412. The monoisotopic (exact) mass is 282 g/mol. The van der Waals surface area contributed by atoms with Gasteiger partial charge < -0.3 is 15.0 Å². The Morgan fingerprint density at radius 3 is 1.90 bits per heavy atom. The number of likely N-dealkylation sites (N-methyl/N-ethyl adjacent to an activating group) is 1. The molecule has 1 unspecified atom stereocenters. The molecule has 1 amide bonds. The molecule has 0 radical (unpaired) electrons. The summed E-state index contributed by atoms with van der Waals surface area (Å²) in [6, 6.07) is 0. The highest BCUT2D eigenvalue weighted by molar-refractivity contribution is 5.88. The molecular formula is C16H30N2O2. The maximum Gasteiger partial charge on any atom is 0.257 e. The molecule has 0 aliphatic carbocycles. The van der Waals surface area contributed by atoms with Crippen LogP contribution in [0.5, 0.6) is 0 Å².